The lowest BCUT2D eigenvalue weighted by atomic mass is 10.1. The van der Waals surface area contributed by atoms with Crippen LogP contribution in [0.25, 0.3) is 0 Å². The van der Waals surface area contributed by atoms with Crippen LogP contribution >= 0.6 is 11.3 Å². The van der Waals surface area contributed by atoms with E-state index in [1.807, 2.05) is 18.4 Å². The van der Waals surface area contributed by atoms with Crippen molar-refractivity contribution in [3.05, 3.63) is 45.8 Å². The highest BCUT2D eigenvalue weighted by Gasteiger charge is 2.15. The quantitative estimate of drug-likeness (QED) is 0.887. The van der Waals surface area contributed by atoms with Gasteiger partial charge in [-0.3, -0.25) is 4.79 Å². The minimum Gasteiger partial charge on any atom is -0.373 e. The summed E-state index contributed by atoms with van der Waals surface area (Å²) in [6.07, 6.45) is 0.870. The van der Waals surface area contributed by atoms with E-state index < -0.39 is 0 Å². The van der Waals surface area contributed by atoms with Crippen LogP contribution in [0.15, 0.2) is 29.6 Å². The first-order chi connectivity index (χ1) is 9.63. The van der Waals surface area contributed by atoms with Gasteiger partial charge in [0.15, 0.2) is 0 Å². The second-order valence-electron chi connectivity index (χ2n) is 4.58. The minimum atomic E-state index is -0.0627. The van der Waals surface area contributed by atoms with Crippen LogP contribution in [0.4, 0.5) is 5.82 Å². The zero-order valence-electron chi connectivity index (χ0n) is 11.9. The molecule has 0 spiro atoms. The van der Waals surface area contributed by atoms with Gasteiger partial charge in [0.1, 0.15) is 5.82 Å². The molecular formula is C15H19N3OS. The number of nitrogens with one attached hydrogen (secondary N) is 2. The smallest absolute Gasteiger partial charge is 0.251 e. The lowest BCUT2D eigenvalue weighted by Gasteiger charge is -2.16. The first-order valence-electron chi connectivity index (χ1n) is 6.64. The second kappa shape index (κ2) is 6.52. The molecule has 0 aliphatic carbocycles. The van der Waals surface area contributed by atoms with Crippen molar-refractivity contribution in [2.24, 2.45) is 0 Å². The SMILES string of the molecule is CCC(NC(=O)c1cc(C)nc(NC)c1)c1cccs1. The minimum absolute atomic E-state index is 0.0627. The number of nitrogens with zero attached hydrogens (tertiary/aromatic N) is 1. The van der Waals surface area contributed by atoms with Crippen LogP contribution in [-0.2, 0) is 0 Å². The molecule has 2 rings (SSSR count). The molecule has 4 nitrogen and oxygen atoms in total. The number of carbonyl (C=O) groups excluding carboxylic acids is 1. The Balaban J connectivity index is 2.17. The van der Waals surface area contributed by atoms with E-state index in [4.69, 9.17) is 0 Å². The maximum Gasteiger partial charge on any atom is 0.251 e. The van der Waals surface area contributed by atoms with E-state index in [0.29, 0.717) is 11.4 Å². The lowest BCUT2D eigenvalue weighted by Crippen LogP contribution is -2.27. The molecule has 2 heterocycles. The van der Waals surface area contributed by atoms with E-state index >= 15 is 0 Å². The summed E-state index contributed by atoms with van der Waals surface area (Å²) in [6, 6.07) is 7.69. The molecule has 1 amide bonds. The molecule has 0 saturated heterocycles. The number of aromatic nitrogens is 1. The summed E-state index contributed by atoms with van der Waals surface area (Å²) in [4.78, 5) is 17.8. The van der Waals surface area contributed by atoms with Crippen molar-refractivity contribution in [3.63, 3.8) is 0 Å². The van der Waals surface area contributed by atoms with Crippen LogP contribution < -0.4 is 10.6 Å². The van der Waals surface area contributed by atoms with Crippen molar-refractivity contribution >= 4 is 23.1 Å². The summed E-state index contributed by atoms with van der Waals surface area (Å²) < 4.78 is 0. The molecule has 0 bridgehead atoms. The first-order valence-corrected chi connectivity index (χ1v) is 7.52. The van der Waals surface area contributed by atoms with Gasteiger partial charge in [0, 0.05) is 23.2 Å². The van der Waals surface area contributed by atoms with Crippen molar-refractivity contribution in [3.8, 4) is 0 Å². The second-order valence-corrected chi connectivity index (χ2v) is 5.56. The molecule has 0 aliphatic heterocycles. The van der Waals surface area contributed by atoms with Crippen molar-refractivity contribution < 1.29 is 4.79 Å². The zero-order valence-corrected chi connectivity index (χ0v) is 12.8. The van der Waals surface area contributed by atoms with Gasteiger partial charge in [-0.2, -0.15) is 0 Å². The molecule has 2 aromatic heterocycles. The van der Waals surface area contributed by atoms with Crippen LogP contribution in [0.5, 0.6) is 0 Å². The molecular weight excluding hydrogens is 270 g/mol. The Morgan fingerprint density at radius 3 is 2.85 bits per heavy atom. The Bertz CT molecular complexity index is 581. The fourth-order valence-electron chi connectivity index (χ4n) is 2.03. The number of rotatable bonds is 5. The molecule has 0 radical (unpaired) electrons. The summed E-state index contributed by atoms with van der Waals surface area (Å²) in [7, 11) is 1.80. The Hall–Kier alpha value is -1.88. The normalized spacial score (nSPS) is 11.9. The summed E-state index contributed by atoms with van der Waals surface area (Å²) in [5.41, 5.74) is 1.46. The average molecular weight is 289 g/mol. The van der Waals surface area contributed by atoms with Gasteiger partial charge in [-0.25, -0.2) is 4.98 Å². The first kappa shape index (κ1) is 14.5. The molecule has 0 saturated carbocycles. The van der Waals surface area contributed by atoms with Crippen LogP contribution in [-0.4, -0.2) is 17.9 Å². The highest BCUT2D eigenvalue weighted by atomic mass is 32.1. The van der Waals surface area contributed by atoms with Crippen molar-refractivity contribution in [1.29, 1.82) is 0 Å². The van der Waals surface area contributed by atoms with E-state index in [1.165, 1.54) is 4.88 Å². The van der Waals surface area contributed by atoms with Gasteiger partial charge in [0.05, 0.1) is 6.04 Å². The summed E-state index contributed by atoms with van der Waals surface area (Å²) in [5, 5.41) is 8.08. The fourth-order valence-corrected chi connectivity index (χ4v) is 2.89. The third kappa shape index (κ3) is 3.36. The number of hydrogen-bond donors (Lipinski definition) is 2. The van der Waals surface area contributed by atoms with Gasteiger partial charge in [0.25, 0.3) is 5.91 Å². The predicted molar refractivity (Wildman–Crippen MR) is 83.3 cm³/mol. The molecule has 0 fully saturated rings. The number of hydrogen-bond acceptors (Lipinski definition) is 4. The van der Waals surface area contributed by atoms with Crippen molar-refractivity contribution in [2.75, 3.05) is 12.4 Å². The van der Waals surface area contributed by atoms with Gasteiger partial charge in [-0.05, 0) is 36.9 Å². The van der Waals surface area contributed by atoms with Gasteiger partial charge in [0.2, 0.25) is 0 Å². The molecule has 2 N–H and O–H groups in total. The number of anilines is 1. The van der Waals surface area contributed by atoms with Gasteiger partial charge < -0.3 is 10.6 Å². The van der Waals surface area contributed by atoms with Crippen molar-refractivity contribution in [2.45, 2.75) is 26.3 Å². The standard InChI is InChI=1S/C15H19N3OS/c1-4-12(13-6-5-7-20-13)18-15(19)11-8-10(2)17-14(9-11)16-3/h5-9,12H,4H2,1-3H3,(H,16,17)(H,18,19). The van der Waals surface area contributed by atoms with Crippen LogP contribution in [0, 0.1) is 6.92 Å². The molecule has 106 valence electrons. The molecule has 20 heavy (non-hydrogen) atoms. The van der Waals surface area contributed by atoms with E-state index in [-0.39, 0.29) is 11.9 Å². The van der Waals surface area contributed by atoms with E-state index in [9.17, 15) is 4.79 Å². The van der Waals surface area contributed by atoms with Crippen molar-refractivity contribution in [1.82, 2.24) is 10.3 Å². The van der Waals surface area contributed by atoms with Gasteiger partial charge in [-0.1, -0.05) is 13.0 Å². The van der Waals surface area contributed by atoms with Gasteiger partial charge >= 0.3 is 0 Å². The largest absolute Gasteiger partial charge is 0.373 e. The molecule has 0 aromatic carbocycles. The van der Waals surface area contributed by atoms with E-state index in [2.05, 4.69) is 28.6 Å². The Kier molecular flexibility index (Phi) is 4.74. The summed E-state index contributed by atoms with van der Waals surface area (Å²) in [6.45, 7) is 3.95. The average Bonchev–Trinajstić information content (AvgIpc) is 2.97. The Morgan fingerprint density at radius 2 is 2.25 bits per heavy atom. The highest BCUT2D eigenvalue weighted by molar-refractivity contribution is 7.10. The molecule has 0 aliphatic rings. The molecule has 1 atom stereocenters. The Morgan fingerprint density at radius 1 is 1.45 bits per heavy atom. The number of pyridine rings is 1. The highest BCUT2D eigenvalue weighted by Crippen LogP contribution is 2.22. The van der Waals surface area contributed by atoms with Crippen LogP contribution in [0.3, 0.4) is 0 Å². The zero-order chi connectivity index (χ0) is 14.5. The fraction of sp³-hybridized carbons (Fsp3) is 0.333. The predicted octanol–water partition coefficient (Wildman–Crippen LogP) is 3.37. The van der Waals surface area contributed by atoms with Crippen LogP contribution in [0.2, 0.25) is 0 Å². The van der Waals surface area contributed by atoms with E-state index in [0.717, 1.165) is 12.1 Å². The third-order valence-electron chi connectivity index (χ3n) is 3.07. The number of thiophene rings is 1. The maximum absolute atomic E-state index is 12.4. The monoisotopic (exact) mass is 289 g/mol. The van der Waals surface area contributed by atoms with E-state index in [1.54, 1.807) is 30.5 Å². The molecule has 2 aromatic rings. The van der Waals surface area contributed by atoms with Crippen LogP contribution in [0.1, 0.15) is 40.3 Å². The third-order valence-corrected chi connectivity index (χ3v) is 4.06. The Labute approximate surface area is 123 Å². The lowest BCUT2D eigenvalue weighted by molar-refractivity contribution is 0.0936. The number of carbonyl (C=O) groups is 1. The number of amides is 1. The topological polar surface area (TPSA) is 54.0 Å². The maximum atomic E-state index is 12.4. The summed E-state index contributed by atoms with van der Waals surface area (Å²) >= 11 is 1.66. The molecule has 1 unspecified atom stereocenters. The molecule has 5 heteroatoms. The summed E-state index contributed by atoms with van der Waals surface area (Å²) in [5.74, 6) is 0.645. The van der Waals surface area contributed by atoms with Gasteiger partial charge in [-0.15, -0.1) is 11.3 Å². The number of aryl methyl sites for hydroxylation is 1.